The number of hydrogen-bond acceptors (Lipinski definition) is 11. The maximum atomic E-state index is 13.4. The number of thiophene rings is 1. The largest absolute Gasteiger partial charge is 0.463 e. The van der Waals surface area contributed by atoms with Crippen molar-refractivity contribution in [1.29, 1.82) is 0 Å². The molecule has 1 saturated heterocycles. The minimum Gasteiger partial charge on any atom is -0.463 e. The third kappa shape index (κ3) is 9.15. The van der Waals surface area contributed by atoms with Gasteiger partial charge in [-0.3, -0.25) is 19.2 Å². The summed E-state index contributed by atoms with van der Waals surface area (Å²) < 4.78 is 41.0. The fourth-order valence-electron chi connectivity index (χ4n) is 5.03. The van der Waals surface area contributed by atoms with Gasteiger partial charge in [0.2, 0.25) is 11.9 Å². The number of carbonyl (C=O) groups is 4. The Balaban J connectivity index is 0.00000368. The van der Waals surface area contributed by atoms with Crippen LogP contribution >= 0.6 is 24.8 Å². The smallest absolute Gasteiger partial charge is 0.303 e. The molecule has 0 saturated carbocycles. The molecule has 5 atom stereocenters. The van der Waals surface area contributed by atoms with Crippen LogP contribution in [0.15, 0.2) is 54.6 Å². The normalized spacial score (nSPS) is 22.0. The predicted molar refractivity (Wildman–Crippen MR) is 173 cm³/mol. The fraction of sp³-hybridized carbons (Fsp3) is 0.394. The van der Waals surface area contributed by atoms with E-state index < -0.39 is 60.7 Å². The zero-order valence-corrected chi connectivity index (χ0v) is 27.1. The van der Waals surface area contributed by atoms with Crippen molar-refractivity contribution >= 4 is 48.7 Å². The van der Waals surface area contributed by atoms with Crippen molar-refractivity contribution in [2.24, 2.45) is 0 Å². The van der Waals surface area contributed by atoms with Crippen molar-refractivity contribution in [2.45, 2.75) is 78.7 Å². The quantitative estimate of drug-likeness (QED) is 0.241. The molecular formula is C33H39FO10S2. The van der Waals surface area contributed by atoms with Gasteiger partial charge in [-0.2, -0.15) is 13.5 Å². The summed E-state index contributed by atoms with van der Waals surface area (Å²) in [5, 5.41) is 12.2. The summed E-state index contributed by atoms with van der Waals surface area (Å²) >= 11 is 1.53. The van der Waals surface area contributed by atoms with Gasteiger partial charge in [-0.05, 0) is 53.9 Å². The van der Waals surface area contributed by atoms with Gasteiger partial charge in [0, 0.05) is 49.4 Å². The molecule has 0 bridgehead atoms. The first-order valence-electron chi connectivity index (χ1n) is 13.8. The molecule has 0 spiro atoms. The van der Waals surface area contributed by atoms with Crippen LogP contribution in [0.2, 0.25) is 0 Å². The summed E-state index contributed by atoms with van der Waals surface area (Å²) in [5.41, 5.74) is 2.72. The first-order valence-corrected chi connectivity index (χ1v) is 14.6. The Morgan fingerprint density at radius 2 is 1.48 bits per heavy atom. The lowest BCUT2D eigenvalue weighted by molar-refractivity contribution is -0.360. The van der Waals surface area contributed by atoms with Crippen LogP contribution in [0.5, 0.6) is 0 Å². The molecule has 2 heterocycles. The summed E-state index contributed by atoms with van der Waals surface area (Å²) in [6, 6.07) is 15.1. The van der Waals surface area contributed by atoms with Crippen LogP contribution in [-0.4, -0.2) is 60.0 Å². The van der Waals surface area contributed by atoms with Gasteiger partial charge in [-0.25, -0.2) is 4.39 Å². The Hall–Kier alpha value is -3.78. The molecule has 2 aromatic carbocycles. The Labute approximate surface area is 278 Å². The fourth-order valence-corrected chi connectivity index (χ4v) is 6.06. The molecule has 0 radical (unpaired) electrons. The highest BCUT2D eigenvalue weighted by atomic mass is 32.1. The molecule has 250 valence electrons. The Kier molecular flexibility index (Phi) is 13.5. The molecule has 1 aliphatic heterocycles. The van der Waals surface area contributed by atoms with Crippen molar-refractivity contribution in [2.75, 3.05) is 6.61 Å². The summed E-state index contributed by atoms with van der Waals surface area (Å²) in [6.45, 7) is 5.92. The molecule has 1 fully saturated rings. The average Bonchev–Trinajstić information content (AvgIpc) is 3.40. The zero-order chi connectivity index (χ0) is 32.2. The molecule has 0 amide bonds. The highest BCUT2D eigenvalue weighted by molar-refractivity contribution is 7.59. The molecule has 1 aliphatic rings. The van der Waals surface area contributed by atoms with E-state index >= 15 is 0 Å². The second-order valence-electron chi connectivity index (χ2n) is 10.4. The molecule has 13 heteroatoms. The van der Waals surface area contributed by atoms with Crippen molar-refractivity contribution in [3.05, 3.63) is 82.0 Å². The van der Waals surface area contributed by atoms with Gasteiger partial charge in [-0.1, -0.05) is 31.7 Å². The third-order valence-electron chi connectivity index (χ3n) is 6.97. The van der Waals surface area contributed by atoms with Gasteiger partial charge in [0.1, 0.15) is 18.5 Å². The Bertz CT molecular complexity index is 1540. The van der Waals surface area contributed by atoms with Crippen LogP contribution in [-0.2, 0) is 55.1 Å². The molecule has 1 aromatic heterocycles. The Morgan fingerprint density at radius 1 is 0.870 bits per heavy atom. The first-order chi connectivity index (χ1) is 20.8. The van der Waals surface area contributed by atoms with Crippen molar-refractivity contribution in [3.63, 3.8) is 0 Å². The number of ether oxygens (including phenoxy) is 5. The lowest BCUT2D eigenvalue weighted by Crippen LogP contribution is -2.66. The lowest BCUT2D eigenvalue weighted by Gasteiger charge is -2.48. The molecular weight excluding hydrogens is 639 g/mol. The summed E-state index contributed by atoms with van der Waals surface area (Å²) in [5.74, 6) is -5.82. The summed E-state index contributed by atoms with van der Waals surface area (Å²) in [6.07, 6.45) is -5.46. The van der Waals surface area contributed by atoms with Crippen LogP contribution in [0.3, 0.4) is 0 Å². The minimum absolute atomic E-state index is 0. The molecule has 4 rings (SSSR count). The summed E-state index contributed by atoms with van der Waals surface area (Å²) in [7, 11) is 0. The number of hydrogen-bond donors (Lipinski definition) is 1. The van der Waals surface area contributed by atoms with Crippen molar-refractivity contribution in [3.8, 4) is 10.4 Å². The molecule has 46 heavy (non-hydrogen) atoms. The zero-order valence-electron chi connectivity index (χ0n) is 25.3. The van der Waals surface area contributed by atoms with Crippen LogP contribution < -0.4 is 0 Å². The predicted octanol–water partition coefficient (Wildman–Crippen LogP) is 5.10. The number of aryl methyl sites for hydroxylation is 1. The van der Waals surface area contributed by atoms with E-state index in [4.69, 9.17) is 23.7 Å². The van der Waals surface area contributed by atoms with Crippen LogP contribution in [0.25, 0.3) is 10.4 Å². The van der Waals surface area contributed by atoms with Crippen molar-refractivity contribution < 1.29 is 52.4 Å². The van der Waals surface area contributed by atoms with Crippen LogP contribution in [0.4, 0.5) is 4.39 Å². The SMILES string of the molecule is C.CC(=O)OC[C@H]1OC(O)(c2ccc(C)c(Cc3ccc(-c4ccc(F)cc4)s3)c2)[C@H](OC(C)=O)[C@@H](OC(C)=O)[C@@H]1OC(C)=O.S. The third-order valence-corrected chi connectivity index (χ3v) is 8.11. The van der Waals surface area contributed by atoms with E-state index in [2.05, 4.69) is 0 Å². The van der Waals surface area contributed by atoms with E-state index in [9.17, 15) is 28.7 Å². The maximum absolute atomic E-state index is 13.4. The van der Waals surface area contributed by atoms with E-state index in [0.717, 1.165) is 47.2 Å². The standard InChI is InChI=1S/C32H33FO10S.CH4.H2S/c1-17-6-9-24(14-23(17)15-26-12-13-28(44-26)22-7-10-25(33)11-8-22)32(38)31(42-21(5)37)30(41-20(4)36)29(40-19(3)35)27(43-32)16-39-18(2)34;;/h6-14,27,29-31,38H,15-16H2,1-5H3;1H4;1H2/t27-,29-,30+,31-,32?;;/m1../s1. The van der Waals surface area contributed by atoms with Gasteiger partial charge in [0.15, 0.2) is 12.2 Å². The van der Waals surface area contributed by atoms with E-state index in [1.54, 1.807) is 30.3 Å². The molecule has 10 nitrogen and oxygen atoms in total. The number of aliphatic hydroxyl groups is 1. The van der Waals surface area contributed by atoms with Gasteiger partial charge in [0.05, 0.1) is 0 Å². The highest BCUT2D eigenvalue weighted by Gasteiger charge is 2.60. The van der Waals surface area contributed by atoms with Crippen LogP contribution in [0.1, 0.15) is 56.7 Å². The second-order valence-corrected chi connectivity index (χ2v) is 11.6. The van der Waals surface area contributed by atoms with Gasteiger partial charge in [0.25, 0.3) is 0 Å². The van der Waals surface area contributed by atoms with Gasteiger partial charge >= 0.3 is 23.9 Å². The number of carbonyl (C=O) groups excluding carboxylic acids is 4. The maximum Gasteiger partial charge on any atom is 0.303 e. The number of rotatable bonds is 9. The number of benzene rings is 2. The lowest BCUT2D eigenvalue weighted by atomic mass is 9.86. The first kappa shape index (κ1) is 38.4. The van der Waals surface area contributed by atoms with Crippen molar-refractivity contribution in [1.82, 2.24) is 0 Å². The molecule has 3 aromatic rings. The monoisotopic (exact) mass is 678 g/mol. The number of esters is 4. The average molecular weight is 679 g/mol. The van der Waals surface area contributed by atoms with E-state index in [1.807, 2.05) is 19.1 Å². The second kappa shape index (κ2) is 16.2. The van der Waals surface area contributed by atoms with E-state index in [1.165, 1.54) is 30.4 Å². The van der Waals surface area contributed by atoms with E-state index in [-0.39, 0.29) is 32.3 Å². The summed E-state index contributed by atoms with van der Waals surface area (Å²) in [4.78, 5) is 50.1. The van der Waals surface area contributed by atoms with Gasteiger partial charge in [-0.15, -0.1) is 11.3 Å². The van der Waals surface area contributed by atoms with Crippen LogP contribution in [0, 0.1) is 12.7 Å². The topological polar surface area (TPSA) is 135 Å². The molecule has 1 unspecified atom stereocenters. The minimum atomic E-state index is -2.43. The van der Waals surface area contributed by atoms with Gasteiger partial charge < -0.3 is 28.8 Å². The highest BCUT2D eigenvalue weighted by Crippen LogP contribution is 2.42. The molecule has 0 aliphatic carbocycles. The number of halogens is 1. The van der Waals surface area contributed by atoms with E-state index in [0.29, 0.717) is 6.42 Å². The Morgan fingerprint density at radius 3 is 2.07 bits per heavy atom. The molecule has 1 N–H and O–H groups in total.